The van der Waals surface area contributed by atoms with E-state index in [0.717, 1.165) is 5.56 Å². The van der Waals surface area contributed by atoms with Crippen LogP contribution in [0.25, 0.3) is 0 Å². The van der Waals surface area contributed by atoms with E-state index in [9.17, 15) is 4.79 Å². The van der Waals surface area contributed by atoms with Crippen LogP contribution in [0.1, 0.15) is 28.8 Å². The van der Waals surface area contributed by atoms with Crippen molar-refractivity contribution in [1.82, 2.24) is 5.32 Å². The SMILES string of the molecule is Cc1c(Cl)cccc1C(=O)NCCCC#N. The van der Waals surface area contributed by atoms with Crippen LogP contribution in [0.2, 0.25) is 5.02 Å². The Bertz CT molecular complexity index is 424. The summed E-state index contributed by atoms with van der Waals surface area (Å²) < 4.78 is 0. The minimum atomic E-state index is -0.141. The first-order valence-electron chi connectivity index (χ1n) is 5.07. The van der Waals surface area contributed by atoms with Crippen molar-refractivity contribution in [3.63, 3.8) is 0 Å². The molecule has 0 aliphatic heterocycles. The molecule has 1 aromatic rings. The summed E-state index contributed by atoms with van der Waals surface area (Å²) in [5, 5.41) is 11.7. The first kappa shape index (κ1) is 12.5. The number of amides is 1. The van der Waals surface area contributed by atoms with Crippen molar-refractivity contribution in [3.05, 3.63) is 34.3 Å². The van der Waals surface area contributed by atoms with Gasteiger partial charge in [-0.05, 0) is 31.0 Å². The van der Waals surface area contributed by atoms with E-state index in [2.05, 4.69) is 5.32 Å². The van der Waals surface area contributed by atoms with Crippen LogP contribution in [0.3, 0.4) is 0 Å². The Labute approximate surface area is 100 Å². The Hall–Kier alpha value is -1.53. The molecule has 0 saturated carbocycles. The van der Waals surface area contributed by atoms with Crippen LogP contribution in [0.5, 0.6) is 0 Å². The Morgan fingerprint density at radius 3 is 3.00 bits per heavy atom. The summed E-state index contributed by atoms with van der Waals surface area (Å²) in [5.74, 6) is -0.141. The van der Waals surface area contributed by atoms with Crippen LogP contribution >= 0.6 is 11.6 Å². The van der Waals surface area contributed by atoms with Crippen LogP contribution in [0.15, 0.2) is 18.2 Å². The van der Waals surface area contributed by atoms with Crippen molar-refractivity contribution < 1.29 is 4.79 Å². The maximum Gasteiger partial charge on any atom is 0.251 e. The summed E-state index contributed by atoms with van der Waals surface area (Å²) >= 11 is 5.92. The maximum atomic E-state index is 11.7. The number of hydrogen-bond acceptors (Lipinski definition) is 2. The molecule has 0 aromatic heterocycles. The van der Waals surface area contributed by atoms with Crippen LogP contribution in [0.4, 0.5) is 0 Å². The van der Waals surface area contributed by atoms with Crippen molar-refractivity contribution >= 4 is 17.5 Å². The number of halogens is 1. The molecule has 1 rings (SSSR count). The second kappa shape index (κ2) is 6.14. The topological polar surface area (TPSA) is 52.9 Å². The molecule has 0 radical (unpaired) electrons. The Balaban J connectivity index is 2.60. The lowest BCUT2D eigenvalue weighted by atomic mass is 10.1. The van der Waals surface area contributed by atoms with Gasteiger partial charge in [0, 0.05) is 23.6 Å². The number of hydrogen-bond donors (Lipinski definition) is 1. The predicted octanol–water partition coefficient (Wildman–Crippen LogP) is 2.68. The van der Waals surface area contributed by atoms with Crippen molar-refractivity contribution in [3.8, 4) is 6.07 Å². The molecule has 0 atom stereocenters. The van der Waals surface area contributed by atoms with E-state index in [-0.39, 0.29) is 5.91 Å². The van der Waals surface area contributed by atoms with Crippen LogP contribution in [0, 0.1) is 18.3 Å². The highest BCUT2D eigenvalue weighted by Crippen LogP contribution is 2.18. The quantitative estimate of drug-likeness (QED) is 0.818. The molecule has 0 heterocycles. The molecule has 1 aromatic carbocycles. The van der Waals surface area contributed by atoms with Gasteiger partial charge in [0.2, 0.25) is 0 Å². The second-order valence-electron chi connectivity index (χ2n) is 3.43. The number of unbranched alkanes of at least 4 members (excludes halogenated alkanes) is 1. The molecule has 1 amide bonds. The van der Waals surface area contributed by atoms with Crippen LogP contribution < -0.4 is 5.32 Å². The van der Waals surface area contributed by atoms with E-state index in [1.807, 2.05) is 13.0 Å². The van der Waals surface area contributed by atoms with Crippen molar-refractivity contribution in [2.24, 2.45) is 0 Å². The lowest BCUT2D eigenvalue weighted by Crippen LogP contribution is -2.25. The first-order valence-corrected chi connectivity index (χ1v) is 5.45. The van der Waals surface area contributed by atoms with Gasteiger partial charge in [-0.1, -0.05) is 17.7 Å². The second-order valence-corrected chi connectivity index (χ2v) is 3.84. The van der Waals surface area contributed by atoms with Gasteiger partial charge in [-0.3, -0.25) is 4.79 Å². The number of carbonyl (C=O) groups excluding carboxylic acids is 1. The fourth-order valence-electron chi connectivity index (χ4n) is 1.32. The molecule has 16 heavy (non-hydrogen) atoms. The van der Waals surface area contributed by atoms with Crippen molar-refractivity contribution in [2.75, 3.05) is 6.54 Å². The molecule has 0 saturated heterocycles. The lowest BCUT2D eigenvalue weighted by molar-refractivity contribution is 0.0952. The minimum Gasteiger partial charge on any atom is -0.352 e. The van der Waals surface area contributed by atoms with Gasteiger partial charge in [0.15, 0.2) is 0 Å². The number of nitrogens with zero attached hydrogens (tertiary/aromatic N) is 1. The fourth-order valence-corrected chi connectivity index (χ4v) is 1.49. The number of benzene rings is 1. The number of carbonyl (C=O) groups is 1. The van der Waals surface area contributed by atoms with Crippen LogP contribution in [-0.2, 0) is 0 Å². The molecule has 0 aliphatic carbocycles. The van der Waals surface area contributed by atoms with Gasteiger partial charge in [0.05, 0.1) is 6.07 Å². The zero-order chi connectivity index (χ0) is 12.0. The first-order chi connectivity index (χ1) is 7.66. The molecule has 0 spiro atoms. The molecule has 3 nitrogen and oxygen atoms in total. The van der Waals surface area contributed by atoms with Gasteiger partial charge in [0.25, 0.3) is 5.91 Å². The zero-order valence-electron chi connectivity index (χ0n) is 9.09. The monoisotopic (exact) mass is 236 g/mol. The summed E-state index contributed by atoms with van der Waals surface area (Å²) in [6, 6.07) is 7.27. The van der Waals surface area contributed by atoms with Gasteiger partial charge in [-0.2, -0.15) is 5.26 Å². The molecule has 84 valence electrons. The largest absolute Gasteiger partial charge is 0.352 e. The van der Waals surface area contributed by atoms with E-state index < -0.39 is 0 Å². The van der Waals surface area contributed by atoms with E-state index in [1.54, 1.807) is 18.2 Å². The molecule has 4 heteroatoms. The molecular formula is C12H13ClN2O. The van der Waals surface area contributed by atoms with Gasteiger partial charge in [-0.15, -0.1) is 0 Å². The number of nitrogens with one attached hydrogen (secondary N) is 1. The van der Waals surface area contributed by atoms with E-state index in [1.165, 1.54) is 0 Å². The molecule has 0 fully saturated rings. The fraction of sp³-hybridized carbons (Fsp3) is 0.333. The van der Waals surface area contributed by atoms with Gasteiger partial charge >= 0.3 is 0 Å². The highest BCUT2D eigenvalue weighted by atomic mass is 35.5. The molecule has 1 N–H and O–H groups in total. The van der Waals surface area contributed by atoms with Crippen LogP contribution in [-0.4, -0.2) is 12.5 Å². The minimum absolute atomic E-state index is 0.141. The smallest absolute Gasteiger partial charge is 0.251 e. The molecule has 0 aliphatic rings. The standard InChI is InChI=1S/C12H13ClN2O/c1-9-10(5-4-6-11(9)13)12(16)15-8-3-2-7-14/h4-6H,2-3,8H2,1H3,(H,15,16). The summed E-state index contributed by atoms with van der Waals surface area (Å²) in [4.78, 5) is 11.7. The molecule has 0 unspecified atom stereocenters. The molecular weight excluding hydrogens is 224 g/mol. The third-order valence-electron chi connectivity index (χ3n) is 2.26. The van der Waals surface area contributed by atoms with Crippen molar-refractivity contribution in [2.45, 2.75) is 19.8 Å². The predicted molar refractivity (Wildman–Crippen MR) is 63.4 cm³/mol. The van der Waals surface area contributed by atoms with E-state index >= 15 is 0 Å². The molecule has 0 bridgehead atoms. The third-order valence-corrected chi connectivity index (χ3v) is 2.67. The van der Waals surface area contributed by atoms with E-state index in [0.29, 0.717) is 30.0 Å². The average molecular weight is 237 g/mol. The summed E-state index contributed by atoms with van der Waals surface area (Å²) in [6.45, 7) is 2.32. The van der Waals surface area contributed by atoms with Gasteiger partial charge in [0.1, 0.15) is 0 Å². The normalized spacial score (nSPS) is 9.56. The number of nitriles is 1. The Morgan fingerprint density at radius 1 is 1.56 bits per heavy atom. The summed E-state index contributed by atoms with van der Waals surface area (Å²) in [6.07, 6.45) is 1.12. The van der Waals surface area contributed by atoms with Gasteiger partial charge in [-0.25, -0.2) is 0 Å². The highest BCUT2D eigenvalue weighted by Gasteiger charge is 2.09. The Kier molecular flexibility index (Phi) is 4.81. The maximum absolute atomic E-state index is 11.7. The summed E-state index contributed by atoms with van der Waals surface area (Å²) in [7, 11) is 0. The third kappa shape index (κ3) is 3.25. The highest BCUT2D eigenvalue weighted by molar-refractivity contribution is 6.31. The van der Waals surface area contributed by atoms with E-state index in [4.69, 9.17) is 16.9 Å². The van der Waals surface area contributed by atoms with Crippen molar-refractivity contribution in [1.29, 1.82) is 5.26 Å². The average Bonchev–Trinajstić information content (AvgIpc) is 2.28. The zero-order valence-corrected chi connectivity index (χ0v) is 9.84. The summed E-state index contributed by atoms with van der Waals surface area (Å²) in [5.41, 5.74) is 1.37. The Morgan fingerprint density at radius 2 is 2.31 bits per heavy atom. The van der Waals surface area contributed by atoms with Gasteiger partial charge < -0.3 is 5.32 Å². The number of rotatable bonds is 4. The lowest BCUT2D eigenvalue weighted by Gasteiger charge is -2.07.